The Labute approximate surface area is 221 Å². The van der Waals surface area contributed by atoms with Gasteiger partial charge in [0.1, 0.15) is 17.7 Å². The maximum atomic E-state index is 14.8. The molecule has 1 aliphatic carbocycles. The number of nitrogens with one attached hydrogen (secondary N) is 2. The Balaban J connectivity index is 1.24. The molecule has 38 heavy (non-hydrogen) atoms. The predicted octanol–water partition coefficient (Wildman–Crippen LogP) is 4.52. The first kappa shape index (κ1) is 27.7. The molecule has 1 aromatic heterocycles. The van der Waals surface area contributed by atoms with Crippen molar-refractivity contribution < 1.29 is 23.5 Å². The van der Waals surface area contributed by atoms with E-state index in [0.29, 0.717) is 31.2 Å². The van der Waals surface area contributed by atoms with Crippen LogP contribution in [-0.2, 0) is 11.3 Å². The molecule has 2 aliphatic rings. The number of aliphatic hydroxyl groups is 1. The molecule has 0 spiro atoms. The van der Waals surface area contributed by atoms with Gasteiger partial charge in [0.2, 0.25) is 5.95 Å². The minimum absolute atomic E-state index is 0.00531. The SMILES string of the molecule is CCc1cnc(N2CCC(ON=C3CCC(c4cc(F)c(NC(=O)NCC(C)O)cc4F)CC3)CC2)nc1. The van der Waals surface area contributed by atoms with Crippen LogP contribution < -0.4 is 15.5 Å². The molecular formula is C27H36F2N6O3. The molecule has 206 valence electrons. The maximum absolute atomic E-state index is 14.8. The van der Waals surface area contributed by atoms with Crippen LogP contribution in [0.1, 0.15) is 69.4 Å². The number of anilines is 2. The van der Waals surface area contributed by atoms with E-state index < -0.39 is 23.8 Å². The molecule has 0 radical (unpaired) electrons. The molecule has 1 saturated carbocycles. The monoisotopic (exact) mass is 530 g/mol. The van der Waals surface area contributed by atoms with Crippen molar-refractivity contribution in [3.63, 3.8) is 0 Å². The zero-order valence-electron chi connectivity index (χ0n) is 21.9. The second-order valence-electron chi connectivity index (χ2n) is 10.0. The Morgan fingerprint density at radius 2 is 1.84 bits per heavy atom. The maximum Gasteiger partial charge on any atom is 0.319 e. The molecule has 9 nitrogen and oxygen atoms in total. The van der Waals surface area contributed by atoms with E-state index in [1.807, 2.05) is 12.4 Å². The number of halogens is 2. The van der Waals surface area contributed by atoms with E-state index in [9.17, 15) is 18.7 Å². The lowest BCUT2D eigenvalue weighted by atomic mass is 9.83. The number of urea groups is 1. The molecule has 2 heterocycles. The molecule has 1 aromatic carbocycles. The van der Waals surface area contributed by atoms with Crippen molar-refractivity contribution in [2.45, 2.75) is 76.9 Å². The van der Waals surface area contributed by atoms with Crippen LogP contribution in [0.4, 0.5) is 25.2 Å². The van der Waals surface area contributed by atoms with E-state index in [-0.39, 0.29) is 24.3 Å². The average molecular weight is 531 g/mol. The second kappa shape index (κ2) is 12.9. The second-order valence-corrected chi connectivity index (χ2v) is 10.0. The number of amides is 2. The molecule has 1 aliphatic heterocycles. The number of oxime groups is 1. The van der Waals surface area contributed by atoms with Gasteiger partial charge < -0.3 is 25.5 Å². The molecule has 2 aromatic rings. The highest BCUT2D eigenvalue weighted by Gasteiger charge is 2.26. The summed E-state index contributed by atoms with van der Waals surface area (Å²) >= 11 is 0. The van der Waals surface area contributed by atoms with Crippen molar-refractivity contribution in [3.05, 3.63) is 47.3 Å². The number of carbonyl (C=O) groups is 1. The fraction of sp³-hybridized carbons (Fsp3) is 0.556. The largest absolute Gasteiger partial charge is 0.392 e. The summed E-state index contributed by atoms with van der Waals surface area (Å²) in [5.41, 5.74) is 2.12. The molecular weight excluding hydrogens is 494 g/mol. The van der Waals surface area contributed by atoms with Crippen molar-refractivity contribution in [1.29, 1.82) is 0 Å². The molecule has 1 atom stereocenters. The zero-order valence-corrected chi connectivity index (χ0v) is 21.9. The third kappa shape index (κ3) is 7.37. The number of carbonyl (C=O) groups excluding carboxylic acids is 1. The number of benzene rings is 1. The van der Waals surface area contributed by atoms with Gasteiger partial charge >= 0.3 is 6.03 Å². The summed E-state index contributed by atoms with van der Waals surface area (Å²) in [5, 5.41) is 18.3. The van der Waals surface area contributed by atoms with Crippen LogP contribution in [0.5, 0.6) is 0 Å². The number of aryl methyl sites for hydroxylation is 1. The highest BCUT2D eigenvalue weighted by Crippen LogP contribution is 2.35. The van der Waals surface area contributed by atoms with Crippen molar-refractivity contribution >= 4 is 23.4 Å². The Bertz CT molecular complexity index is 1110. The van der Waals surface area contributed by atoms with Gasteiger partial charge in [0.15, 0.2) is 0 Å². The Hall–Kier alpha value is -3.34. The highest BCUT2D eigenvalue weighted by atomic mass is 19.1. The highest BCUT2D eigenvalue weighted by molar-refractivity contribution is 5.89. The molecule has 2 amide bonds. The summed E-state index contributed by atoms with van der Waals surface area (Å²) in [6.07, 6.45) is 8.22. The first-order chi connectivity index (χ1) is 18.3. The summed E-state index contributed by atoms with van der Waals surface area (Å²) < 4.78 is 29.4. The van der Waals surface area contributed by atoms with Gasteiger partial charge in [-0.3, -0.25) is 0 Å². The normalized spacial score (nSPS) is 19.1. The van der Waals surface area contributed by atoms with Gasteiger partial charge in [-0.05, 0) is 62.1 Å². The van der Waals surface area contributed by atoms with Crippen molar-refractivity contribution in [2.75, 3.05) is 29.9 Å². The molecule has 4 rings (SSSR count). The number of aromatic nitrogens is 2. The third-order valence-corrected chi connectivity index (χ3v) is 7.05. The number of hydrogen-bond donors (Lipinski definition) is 3. The number of rotatable bonds is 8. The van der Waals surface area contributed by atoms with Crippen molar-refractivity contribution in [3.8, 4) is 0 Å². The van der Waals surface area contributed by atoms with E-state index >= 15 is 0 Å². The summed E-state index contributed by atoms with van der Waals surface area (Å²) in [4.78, 5) is 28.7. The van der Waals surface area contributed by atoms with E-state index in [2.05, 4.69) is 37.6 Å². The molecule has 11 heteroatoms. The van der Waals surface area contributed by atoms with Gasteiger partial charge in [0.25, 0.3) is 0 Å². The summed E-state index contributed by atoms with van der Waals surface area (Å²) in [6, 6.07) is 1.46. The number of piperidine rings is 1. The third-order valence-electron chi connectivity index (χ3n) is 7.05. The van der Waals surface area contributed by atoms with Crippen LogP contribution in [0.2, 0.25) is 0 Å². The Morgan fingerprint density at radius 3 is 2.47 bits per heavy atom. The van der Waals surface area contributed by atoms with Crippen LogP contribution >= 0.6 is 0 Å². The zero-order chi connectivity index (χ0) is 27.1. The molecule has 0 bridgehead atoms. The van der Waals surface area contributed by atoms with Gasteiger partial charge in [-0.15, -0.1) is 0 Å². The minimum atomic E-state index is -0.744. The first-order valence-corrected chi connectivity index (χ1v) is 13.3. The molecule has 1 unspecified atom stereocenters. The molecule has 3 N–H and O–H groups in total. The van der Waals surface area contributed by atoms with E-state index in [4.69, 9.17) is 4.84 Å². The van der Waals surface area contributed by atoms with Gasteiger partial charge in [0, 0.05) is 50.9 Å². The van der Waals surface area contributed by atoms with Gasteiger partial charge in [-0.1, -0.05) is 12.1 Å². The summed E-state index contributed by atoms with van der Waals surface area (Å²) in [5.74, 6) is -0.644. The smallest absolute Gasteiger partial charge is 0.319 e. The quantitative estimate of drug-likeness (QED) is 0.433. The fourth-order valence-corrected chi connectivity index (χ4v) is 4.74. The molecule has 2 fully saturated rings. The lowest BCUT2D eigenvalue weighted by Gasteiger charge is -2.31. The Morgan fingerprint density at radius 1 is 1.16 bits per heavy atom. The summed E-state index contributed by atoms with van der Waals surface area (Å²) in [7, 11) is 0. The summed E-state index contributed by atoms with van der Waals surface area (Å²) in [6.45, 7) is 5.20. The van der Waals surface area contributed by atoms with Crippen LogP contribution in [0, 0.1) is 11.6 Å². The number of aliphatic hydroxyl groups excluding tert-OH is 1. The van der Waals surface area contributed by atoms with Crippen molar-refractivity contribution in [1.82, 2.24) is 15.3 Å². The first-order valence-electron chi connectivity index (χ1n) is 13.3. The predicted molar refractivity (Wildman–Crippen MR) is 141 cm³/mol. The standard InChI is InChI=1S/C27H36F2N6O3/c1-3-18-15-30-26(31-16-18)35-10-8-21(9-11-35)38-34-20-6-4-19(5-7-20)22-12-24(29)25(13-23(22)28)33-27(37)32-14-17(2)36/h12-13,15-17,19,21,36H,3-11,14H2,1-2H3,(H2,32,33,37). The number of hydrogen-bond acceptors (Lipinski definition) is 7. The van der Waals surface area contributed by atoms with E-state index in [1.54, 1.807) is 0 Å². The van der Waals surface area contributed by atoms with E-state index in [0.717, 1.165) is 61.7 Å². The van der Waals surface area contributed by atoms with E-state index in [1.165, 1.54) is 6.92 Å². The molecule has 1 saturated heterocycles. The van der Waals surface area contributed by atoms with Crippen molar-refractivity contribution in [2.24, 2.45) is 5.16 Å². The van der Waals surface area contributed by atoms with Gasteiger partial charge in [-0.2, -0.15) is 0 Å². The van der Waals surface area contributed by atoms with Crippen LogP contribution in [0.15, 0.2) is 29.7 Å². The number of nitrogens with zero attached hydrogens (tertiary/aromatic N) is 4. The van der Waals surface area contributed by atoms with Crippen LogP contribution in [0.3, 0.4) is 0 Å². The van der Waals surface area contributed by atoms with Crippen LogP contribution in [-0.4, -0.2) is 58.7 Å². The van der Waals surface area contributed by atoms with Crippen LogP contribution in [0.25, 0.3) is 0 Å². The average Bonchev–Trinajstić information content (AvgIpc) is 2.93. The van der Waals surface area contributed by atoms with Gasteiger partial charge in [0.05, 0.1) is 17.5 Å². The minimum Gasteiger partial charge on any atom is -0.392 e. The van der Waals surface area contributed by atoms with Gasteiger partial charge in [-0.25, -0.2) is 23.5 Å². The Kier molecular flexibility index (Phi) is 9.43. The topological polar surface area (TPSA) is 112 Å². The lowest BCUT2D eigenvalue weighted by Crippen LogP contribution is -2.37. The fourth-order valence-electron chi connectivity index (χ4n) is 4.74. The lowest BCUT2D eigenvalue weighted by molar-refractivity contribution is 0.0406.